The number of nitrogens with one attached hydrogen (secondary N) is 1. The van der Waals surface area contributed by atoms with Gasteiger partial charge in [-0.1, -0.05) is 13.8 Å². The zero-order valence-electron chi connectivity index (χ0n) is 18.2. The number of hydrogen-bond donors (Lipinski definition) is 1. The Bertz CT molecular complexity index is 1010. The number of nitrogens with zero attached hydrogens (tertiary/aromatic N) is 1. The number of carbonyl (C=O) groups is 2. The lowest BCUT2D eigenvalue weighted by molar-refractivity contribution is -0.118. The highest BCUT2D eigenvalue weighted by Gasteiger charge is 2.22. The van der Waals surface area contributed by atoms with Gasteiger partial charge < -0.3 is 14.8 Å². The Kier molecular flexibility index (Phi) is 8.58. The van der Waals surface area contributed by atoms with Crippen molar-refractivity contribution in [3.8, 4) is 5.75 Å². The number of amides is 1. The maximum absolute atomic E-state index is 12.6. The van der Waals surface area contributed by atoms with Gasteiger partial charge in [0.2, 0.25) is 10.0 Å². The normalized spacial score (nSPS) is 11.3. The smallest absolute Gasteiger partial charge is 0.338 e. The summed E-state index contributed by atoms with van der Waals surface area (Å²) in [7, 11) is -3.56. The van der Waals surface area contributed by atoms with E-state index in [4.69, 9.17) is 9.47 Å². The molecule has 0 bridgehead atoms. The molecule has 8 nitrogen and oxygen atoms in total. The lowest BCUT2D eigenvalue weighted by Gasteiger charge is -2.19. The average Bonchev–Trinajstić information content (AvgIpc) is 2.74. The number of carbonyl (C=O) groups excluding carboxylic acids is 2. The van der Waals surface area contributed by atoms with Crippen molar-refractivity contribution in [3.63, 3.8) is 0 Å². The monoisotopic (exact) mass is 448 g/mol. The number of benzene rings is 2. The lowest BCUT2D eigenvalue weighted by Crippen LogP contribution is -2.30. The highest BCUT2D eigenvalue weighted by Crippen LogP contribution is 2.24. The van der Waals surface area contributed by atoms with E-state index in [2.05, 4.69) is 5.32 Å². The van der Waals surface area contributed by atoms with Crippen LogP contribution >= 0.6 is 0 Å². The molecule has 0 aliphatic rings. The fourth-order valence-corrected chi connectivity index (χ4v) is 4.45. The number of esters is 1. The number of anilines is 1. The Balaban J connectivity index is 1.98. The fourth-order valence-electron chi connectivity index (χ4n) is 2.90. The van der Waals surface area contributed by atoms with E-state index in [-0.39, 0.29) is 24.0 Å². The second-order valence-electron chi connectivity index (χ2n) is 6.65. The van der Waals surface area contributed by atoms with Gasteiger partial charge in [-0.2, -0.15) is 4.31 Å². The van der Waals surface area contributed by atoms with Crippen molar-refractivity contribution >= 4 is 27.6 Å². The first-order valence-corrected chi connectivity index (χ1v) is 11.5. The molecule has 31 heavy (non-hydrogen) atoms. The highest BCUT2D eigenvalue weighted by molar-refractivity contribution is 7.89. The van der Waals surface area contributed by atoms with Crippen molar-refractivity contribution in [2.24, 2.45) is 0 Å². The third kappa shape index (κ3) is 6.28. The van der Waals surface area contributed by atoms with Gasteiger partial charge >= 0.3 is 5.97 Å². The molecule has 0 aliphatic carbocycles. The van der Waals surface area contributed by atoms with Gasteiger partial charge in [0.05, 0.1) is 17.1 Å². The second kappa shape index (κ2) is 10.9. The number of ether oxygens (including phenoxy) is 2. The summed E-state index contributed by atoms with van der Waals surface area (Å²) in [6, 6.07) is 10.9. The number of hydrogen-bond acceptors (Lipinski definition) is 6. The molecule has 2 aromatic rings. The maximum atomic E-state index is 12.6. The molecule has 0 aromatic heterocycles. The molecule has 1 amide bonds. The summed E-state index contributed by atoms with van der Waals surface area (Å²) >= 11 is 0. The van der Waals surface area contributed by atoms with E-state index in [1.54, 1.807) is 58.0 Å². The third-order valence-electron chi connectivity index (χ3n) is 4.53. The van der Waals surface area contributed by atoms with Crippen LogP contribution in [-0.2, 0) is 19.6 Å². The zero-order chi connectivity index (χ0) is 23.0. The molecule has 2 rings (SSSR count). The summed E-state index contributed by atoms with van der Waals surface area (Å²) in [6.45, 7) is 7.84. The van der Waals surface area contributed by atoms with E-state index in [1.807, 2.05) is 0 Å². The van der Waals surface area contributed by atoms with Crippen molar-refractivity contribution in [3.05, 3.63) is 53.6 Å². The Hall–Kier alpha value is -2.91. The first kappa shape index (κ1) is 24.4. The van der Waals surface area contributed by atoms with Crippen LogP contribution in [0.25, 0.3) is 0 Å². The molecule has 0 fully saturated rings. The molecule has 9 heteroatoms. The maximum Gasteiger partial charge on any atom is 0.338 e. The Labute approximate surface area is 183 Å². The molecule has 0 saturated carbocycles. The SMILES string of the molecule is CCOC(=O)c1ccc(NC(=O)COc2ccc(S(=O)(=O)N(CC)CC)cc2C)cc1. The van der Waals surface area contributed by atoms with Crippen LogP contribution in [0.5, 0.6) is 5.75 Å². The summed E-state index contributed by atoms with van der Waals surface area (Å²) in [5, 5.41) is 2.68. The molecular formula is C22H28N2O6S. The highest BCUT2D eigenvalue weighted by atomic mass is 32.2. The Morgan fingerprint density at radius 1 is 1.00 bits per heavy atom. The van der Waals surface area contributed by atoms with Crippen molar-refractivity contribution in [1.29, 1.82) is 0 Å². The zero-order valence-corrected chi connectivity index (χ0v) is 19.0. The van der Waals surface area contributed by atoms with E-state index >= 15 is 0 Å². The fraction of sp³-hybridized carbons (Fsp3) is 0.364. The third-order valence-corrected chi connectivity index (χ3v) is 6.57. The van der Waals surface area contributed by atoms with Crippen molar-refractivity contribution in [1.82, 2.24) is 4.31 Å². The van der Waals surface area contributed by atoms with Gasteiger partial charge in [0, 0.05) is 18.8 Å². The van der Waals surface area contributed by atoms with Gasteiger partial charge in [-0.3, -0.25) is 4.79 Å². The summed E-state index contributed by atoms with van der Waals surface area (Å²) in [4.78, 5) is 24.0. The molecule has 0 spiro atoms. The minimum atomic E-state index is -3.56. The lowest BCUT2D eigenvalue weighted by atomic mass is 10.2. The quantitative estimate of drug-likeness (QED) is 0.560. The van der Waals surface area contributed by atoms with Gasteiger partial charge in [-0.05, 0) is 61.9 Å². The van der Waals surface area contributed by atoms with E-state index < -0.39 is 16.0 Å². The molecule has 0 heterocycles. The largest absolute Gasteiger partial charge is 0.483 e. The average molecular weight is 449 g/mol. The number of aryl methyl sites for hydroxylation is 1. The van der Waals surface area contributed by atoms with Crippen LogP contribution in [0.4, 0.5) is 5.69 Å². The molecule has 1 N–H and O–H groups in total. The summed E-state index contributed by atoms with van der Waals surface area (Å²) < 4.78 is 37.1. The second-order valence-corrected chi connectivity index (χ2v) is 8.59. The van der Waals surface area contributed by atoms with Crippen molar-refractivity contribution in [2.45, 2.75) is 32.6 Å². The number of rotatable bonds is 10. The van der Waals surface area contributed by atoms with E-state index in [0.717, 1.165) is 0 Å². The molecule has 0 radical (unpaired) electrons. The van der Waals surface area contributed by atoms with Crippen LogP contribution in [-0.4, -0.2) is 50.9 Å². The van der Waals surface area contributed by atoms with E-state index in [0.29, 0.717) is 35.7 Å². The summed E-state index contributed by atoms with van der Waals surface area (Å²) in [5.74, 6) is -0.389. The minimum Gasteiger partial charge on any atom is -0.483 e. The minimum absolute atomic E-state index is 0.187. The van der Waals surface area contributed by atoms with Crippen LogP contribution in [0.2, 0.25) is 0 Å². The van der Waals surface area contributed by atoms with Crippen LogP contribution in [0, 0.1) is 6.92 Å². The number of sulfonamides is 1. The van der Waals surface area contributed by atoms with Crippen molar-refractivity contribution < 1.29 is 27.5 Å². The van der Waals surface area contributed by atoms with Gasteiger partial charge in [-0.25, -0.2) is 13.2 Å². The van der Waals surface area contributed by atoms with Crippen LogP contribution < -0.4 is 10.1 Å². The van der Waals surface area contributed by atoms with Gasteiger partial charge in [0.15, 0.2) is 6.61 Å². The van der Waals surface area contributed by atoms with E-state index in [1.165, 1.54) is 16.4 Å². The van der Waals surface area contributed by atoms with E-state index in [9.17, 15) is 18.0 Å². The topological polar surface area (TPSA) is 102 Å². The van der Waals surface area contributed by atoms with Crippen LogP contribution in [0.3, 0.4) is 0 Å². The molecule has 0 aliphatic heterocycles. The predicted octanol–water partition coefficient (Wildman–Crippen LogP) is 3.22. The molecule has 0 saturated heterocycles. The van der Waals surface area contributed by atoms with Crippen LogP contribution in [0.1, 0.15) is 36.7 Å². The standard InChI is InChI=1S/C22H28N2O6S/c1-5-24(6-2)31(27,28)19-12-13-20(16(4)14-19)30-15-21(25)23-18-10-8-17(9-11-18)22(26)29-7-3/h8-14H,5-7,15H2,1-4H3,(H,23,25). The summed E-state index contributed by atoms with van der Waals surface area (Å²) in [6.07, 6.45) is 0. The summed E-state index contributed by atoms with van der Waals surface area (Å²) in [5.41, 5.74) is 1.52. The molecule has 168 valence electrons. The van der Waals surface area contributed by atoms with Gasteiger partial charge in [0.1, 0.15) is 5.75 Å². The van der Waals surface area contributed by atoms with Gasteiger partial charge in [0.25, 0.3) is 5.91 Å². The first-order valence-electron chi connectivity index (χ1n) is 10.0. The Morgan fingerprint density at radius 3 is 2.19 bits per heavy atom. The molecule has 0 atom stereocenters. The Morgan fingerprint density at radius 2 is 1.65 bits per heavy atom. The predicted molar refractivity (Wildman–Crippen MR) is 118 cm³/mol. The molecule has 0 unspecified atom stereocenters. The van der Waals surface area contributed by atoms with Crippen LogP contribution in [0.15, 0.2) is 47.4 Å². The van der Waals surface area contributed by atoms with Crippen molar-refractivity contribution in [2.75, 3.05) is 31.6 Å². The van der Waals surface area contributed by atoms with Gasteiger partial charge in [-0.15, -0.1) is 0 Å². The first-order chi connectivity index (χ1) is 14.7. The molecule has 2 aromatic carbocycles. The molecular weight excluding hydrogens is 420 g/mol.